The Morgan fingerprint density at radius 1 is 1.41 bits per heavy atom. The summed E-state index contributed by atoms with van der Waals surface area (Å²) < 4.78 is 10.1. The van der Waals surface area contributed by atoms with E-state index in [1.807, 2.05) is 0 Å². The van der Waals surface area contributed by atoms with E-state index in [-0.39, 0.29) is 6.61 Å². The summed E-state index contributed by atoms with van der Waals surface area (Å²) in [4.78, 5) is 4.10. The van der Waals surface area contributed by atoms with Gasteiger partial charge in [0.2, 0.25) is 0 Å². The molecule has 0 radical (unpaired) electrons. The fourth-order valence-corrected chi connectivity index (χ4v) is 1.32. The Balaban J connectivity index is 2.24. The van der Waals surface area contributed by atoms with Crippen molar-refractivity contribution < 1.29 is 14.4 Å². The lowest BCUT2D eigenvalue weighted by Crippen LogP contribution is -2.15. The molecule has 0 aliphatic rings. The summed E-state index contributed by atoms with van der Waals surface area (Å²) in [6.45, 7) is -0.221. The van der Waals surface area contributed by atoms with E-state index in [0.717, 1.165) is 11.3 Å². The molecule has 2 aromatic rings. The second kappa shape index (κ2) is 4.94. The first-order chi connectivity index (χ1) is 8.24. The molecule has 1 unspecified atom stereocenters. The summed E-state index contributed by atoms with van der Waals surface area (Å²) in [6, 6.07) is 6.59. The number of ether oxygens (including phenoxy) is 1. The van der Waals surface area contributed by atoms with E-state index in [2.05, 4.69) is 10.1 Å². The molecule has 0 bridgehead atoms. The highest BCUT2D eigenvalue weighted by molar-refractivity contribution is 5.54. The first-order valence-electron chi connectivity index (χ1n) is 5.09. The monoisotopic (exact) mass is 235 g/mol. The normalized spacial score (nSPS) is 12.4. The van der Waals surface area contributed by atoms with Crippen LogP contribution in [0.1, 0.15) is 11.9 Å². The van der Waals surface area contributed by atoms with Gasteiger partial charge in [-0.25, -0.2) is 0 Å². The largest absolute Gasteiger partial charge is 0.497 e. The van der Waals surface area contributed by atoms with Crippen molar-refractivity contribution in [1.82, 2.24) is 10.1 Å². The Morgan fingerprint density at radius 3 is 2.71 bits per heavy atom. The summed E-state index contributed by atoms with van der Waals surface area (Å²) in [7, 11) is 1.60. The molecule has 1 heterocycles. The number of nitrogens with two attached hydrogens (primary N) is 1. The molecule has 0 aliphatic heterocycles. The average Bonchev–Trinajstić information content (AvgIpc) is 2.87. The quantitative estimate of drug-likeness (QED) is 0.811. The molecule has 17 heavy (non-hydrogen) atoms. The number of rotatable bonds is 4. The number of nitrogens with zero attached hydrogens (tertiary/aromatic N) is 2. The maximum atomic E-state index is 8.87. The highest BCUT2D eigenvalue weighted by Crippen LogP contribution is 2.21. The molecule has 90 valence electrons. The molecule has 1 aromatic carbocycles. The van der Waals surface area contributed by atoms with Crippen LogP contribution in [0.3, 0.4) is 0 Å². The molecule has 3 N–H and O–H groups in total. The lowest BCUT2D eigenvalue weighted by molar-refractivity contribution is 0.260. The first-order valence-corrected chi connectivity index (χ1v) is 5.09. The highest BCUT2D eigenvalue weighted by Gasteiger charge is 2.14. The Bertz CT molecular complexity index is 481. The minimum atomic E-state index is -0.620. The third-order valence-corrected chi connectivity index (χ3v) is 2.31. The van der Waals surface area contributed by atoms with Gasteiger partial charge in [-0.05, 0) is 24.3 Å². The van der Waals surface area contributed by atoms with E-state index < -0.39 is 6.04 Å². The van der Waals surface area contributed by atoms with E-state index in [1.54, 1.807) is 31.4 Å². The molecule has 0 fully saturated rings. The van der Waals surface area contributed by atoms with Crippen LogP contribution in [0.5, 0.6) is 5.75 Å². The van der Waals surface area contributed by atoms with Crippen LogP contribution in [0.4, 0.5) is 0 Å². The summed E-state index contributed by atoms with van der Waals surface area (Å²) in [6.07, 6.45) is 0. The molecule has 0 aliphatic carbocycles. The van der Waals surface area contributed by atoms with Crippen molar-refractivity contribution in [3.05, 3.63) is 30.1 Å². The SMILES string of the molecule is COc1ccc(-c2nc(C(N)CO)no2)cc1. The zero-order valence-electron chi connectivity index (χ0n) is 9.33. The van der Waals surface area contributed by atoms with Crippen LogP contribution in [0.15, 0.2) is 28.8 Å². The third-order valence-electron chi connectivity index (χ3n) is 2.31. The van der Waals surface area contributed by atoms with Gasteiger partial charge in [0, 0.05) is 5.56 Å². The van der Waals surface area contributed by atoms with Crippen molar-refractivity contribution in [1.29, 1.82) is 0 Å². The van der Waals surface area contributed by atoms with E-state index in [9.17, 15) is 0 Å². The fraction of sp³-hybridized carbons (Fsp3) is 0.273. The van der Waals surface area contributed by atoms with Gasteiger partial charge < -0.3 is 20.1 Å². The number of aliphatic hydroxyl groups is 1. The lowest BCUT2D eigenvalue weighted by atomic mass is 10.2. The van der Waals surface area contributed by atoms with Crippen molar-refractivity contribution in [3.8, 4) is 17.2 Å². The van der Waals surface area contributed by atoms with Gasteiger partial charge in [-0.3, -0.25) is 0 Å². The van der Waals surface area contributed by atoms with Crippen LogP contribution in [0.25, 0.3) is 11.5 Å². The van der Waals surface area contributed by atoms with Gasteiger partial charge in [0.1, 0.15) is 5.75 Å². The van der Waals surface area contributed by atoms with Crippen LogP contribution < -0.4 is 10.5 Å². The van der Waals surface area contributed by atoms with E-state index >= 15 is 0 Å². The zero-order valence-corrected chi connectivity index (χ0v) is 9.33. The molecule has 0 amide bonds. The Labute approximate surface area is 98.0 Å². The van der Waals surface area contributed by atoms with Gasteiger partial charge >= 0.3 is 0 Å². The second-order valence-electron chi connectivity index (χ2n) is 3.48. The number of hydrogen-bond acceptors (Lipinski definition) is 6. The van der Waals surface area contributed by atoms with Crippen molar-refractivity contribution in [2.45, 2.75) is 6.04 Å². The van der Waals surface area contributed by atoms with Crippen molar-refractivity contribution in [2.75, 3.05) is 13.7 Å². The summed E-state index contributed by atoms with van der Waals surface area (Å²) in [5.41, 5.74) is 6.35. The topological polar surface area (TPSA) is 94.4 Å². The Morgan fingerprint density at radius 2 is 2.12 bits per heavy atom. The molecule has 0 saturated heterocycles. The molecule has 6 heteroatoms. The Kier molecular flexibility index (Phi) is 3.36. The van der Waals surface area contributed by atoms with Gasteiger partial charge in [-0.15, -0.1) is 0 Å². The van der Waals surface area contributed by atoms with Crippen LogP contribution in [-0.4, -0.2) is 29.0 Å². The summed E-state index contributed by atoms with van der Waals surface area (Å²) >= 11 is 0. The predicted octanol–water partition coefficient (Wildman–Crippen LogP) is 0.737. The van der Waals surface area contributed by atoms with Crippen LogP contribution in [-0.2, 0) is 0 Å². The van der Waals surface area contributed by atoms with Gasteiger partial charge in [0.15, 0.2) is 5.82 Å². The van der Waals surface area contributed by atoms with Crippen molar-refractivity contribution in [2.24, 2.45) is 5.73 Å². The molecule has 1 aromatic heterocycles. The predicted molar refractivity (Wildman–Crippen MR) is 60.3 cm³/mol. The fourth-order valence-electron chi connectivity index (χ4n) is 1.32. The maximum Gasteiger partial charge on any atom is 0.257 e. The number of aromatic nitrogens is 2. The van der Waals surface area contributed by atoms with Crippen LogP contribution >= 0.6 is 0 Å². The number of benzene rings is 1. The molecule has 0 saturated carbocycles. The maximum absolute atomic E-state index is 8.87. The van der Waals surface area contributed by atoms with E-state index in [4.69, 9.17) is 20.1 Å². The molecule has 6 nitrogen and oxygen atoms in total. The molecular weight excluding hydrogens is 222 g/mol. The second-order valence-corrected chi connectivity index (χ2v) is 3.48. The summed E-state index contributed by atoms with van der Waals surface area (Å²) in [5, 5.41) is 12.6. The smallest absolute Gasteiger partial charge is 0.257 e. The van der Waals surface area contributed by atoms with Gasteiger partial charge in [-0.1, -0.05) is 5.16 Å². The lowest BCUT2D eigenvalue weighted by Gasteiger charge is -2.00. The summed E-state index contributed by atoms with van der Waals surface area (Å²) in [5.74, 6) is 1.41. The Hall–Kier alpha value is -1.92. The standard InChI is InChI=1S/C11H13N3O3/c1-16-8-4-2-7(3-5-8)11-13-10(14-17-11)9(12)6-15/h2-5,9,15H,6,12H2,1H3. The number of methoxy groups -OCH3 is 1. The highest BCUT2D eigenvalue weighted by atomic mass is 16.5. The van der Waals surface area contributed by atoms with Crippen molar-refractivity contribution in [3.63, 3.8) is 0 Å². The molecule has 2 rings (SSSR count). The van der Waals surface area contributed by atoms with E-state index in [0.29, 0.717) is 11.7 Å². The van der Waals surface area contributed by atoms with E-state index in [1.165, 1.54) is 0 Å². The van der Waals surface area contributed by atoms with Crippen LogP contribution in [0, 0.1) is 0 Å². The average molecular weight is 235 g/mol. The number of aliphatic hydroxyl groups excluding tert-OH is 1. The minimum Gasteiger partial charge on any atom is -0.497 e. The van der Waals surface area contributed by atoms with Gasteiger partial charge in [0.05, 0.1) is 19.8 Å². The molecule has 1 atom stereocenters. The molecular formula is C11H13N3O3. The zero-order chi connectivity index (χ0) is 12.3. The first kappa shape index (κ1) is 11.6. The number of hydrogen-bond donors (Lipinski definition) is 2. The van der Waals surface area contributed by atoms with Gasteiger partial charge in [-0.2, -0.15) is 4.98 Å². The van der Waals surface area contributed by atoms with Gasteiger partial charge in [0.25, 0.3) is 5.89 Å². The third kappa shape index (κ3) is 2.43. The van der Waals surface area contributed by atoms with Crippen LogP contribution in [0.2, 0.25) is 0 Å². The van der Waals surface area contributed by atoms with Crippen molar-refractivity contribution >= 4 is 0 Å². The molecule has 0 spiro atoms. The minimum absolute atomic E-state index is 0.221.